The first-order chi connectivity index (χ1) is 7.20. The molecule has 15 heavy (non-hydrogen) atoms. The second kappa shape index (κ2) is 3.73. The van der Waals surface area contributed by atoms with Gasteiger partial charge in [-0.15, -0.1) is 6.58 Å². The van der Waals surface area contributed by atoms with Gasteiger partial charge >= 0.3 is 0 Å². The Hall–Kier alpha value is -1.84. The van der Waals surface area contributed by atoms with Crippen LogP contribution in [0.15, 0.2) is 18.7 Å². The molecule has 4 heteroatoms. The Morgan fingerprint density at radius 1 is 1.47 bits per heavy atom. The molecule has 0 radical (unpaired) electrons. The van der Waals surface area contributed by atoms with Gasteiger partial charge in [-0.25, -0.2) is 9.97 Å². The fourth-order valence-electron chi connectivity index (χ4n) is 1.56. The molecule has 78 valence electrons. The Morgan fingerprint density at radius 2 is 2.27 bits per heavy atom. The summed E-state index contributed by atoms with van der Waals surface area (Å²) >= 11 is 0. The number of rotatable bonds is 3. The van der Waals surface area contributed by atoms with Crippen molar-refractivity contribution in [1.29, 1.82) is 0 Å². The van der Waals surface area contributed by atoms with Crippen molar-refractivity contribution in [2.45, 2.75) is 13.8 Å². The van der Waals surface area contributed by atoms with Crippen LogP contribution >= 0.6 is 0 Å². The van der Waals surface area contributed by atoms with Crippen molar-refractivity contribution in [3.8, 4) is 0 Å². The lowest BCUT2D eigenvalue weighted by Gasteiger charge is -2.04. The van der Waals surface area contributed by atoms with Gasteiger partial charge in [-0.2, -0.15) is 0 Å². The number of aromatic nitrogens is 3. The van der Waals surface area contributed by atoms with E-state index in [0.717, 1.165) is 28.4 Å². The predicted octanol–water partition coefficient (Wildman–Crippen LogP) is 2.17. The number of aryl methyl sites for hydroxylation is 2. The average molecular weight is 202 g/mol. The lowest BCUT2D eigenvalue weighted by atomic mass is 10.3. The van der Waals surface area contributed by atoms with Crippen molar-refractivity contribution >= 4 is 16.9 Å². The van der Waals surface area contributed by atoms with Crippen LogP contribution in [0.1, 0.15) is 11.5 Å². The molecule has 2 N–H and O–H groups in total. The minimum Gasteiger partial charge on any atom is -0.366 e. The zero-order valence-electron chi connectivity index (χ0n) is 8.96. The van der Waals surface area contributed by atoms with E-state index in [1.165, 1.54) is 0 Å². The van der Waals surface area contributed by atoms with E-state index in [2.05, 4.69) is 26.8 Å². The maximum absolute atomic E-state index is 4.36. The largest absolute Gasteiger partial charge is 0.366 e. The molecule has 2 heterocycles. The van der Waals surface area contributed by atoms with Crippen LogP contribution < -0.4 is 5.32 Å². The molecule has 0 atom stereocenters. The zero-order chi connectivity index (χ0) is 10.8. The van der Waals surface area contributed by atoms with Crippen molar-refractivity contribution in [3.05, 3.63) is 30.2 Å². The molecule has 2 aromatic rings. The highest BCUT2D eigenvalue weighted by Gasteiger charge is 2.06. The first-order valence-electron chi connectivity index (χ1n) is 4.89. The molecule has 0 unspecified atom stereocenters. The molecule has 0 saturated carbocycles. The van der Waals surface area contributed by atoms with E-state index < -0.39 is 0 Å². The third-order valence-corrected chi connectivity index (χ3v) is 2.15. The summed E-state index contributed by atoms with van der Waals surface area (Å²) in [6, 6.07) is 2.04. The molecule has 0 aliphatic heterocycles. The quantitative estimate of drug-likeness (QED) is 0.750. The van der Waals surface area contributed by atoms with Gasteiger partial charge in [0.25, 0.3) is 0 Å². The minimum atomic E-state index is 0.704. The maximum Gasteiger partial charge on any atom is 0.143 e. The second-order valence-electron chi connectivity index (χ2n) is 3.50. The summed E-state index contributed by atoms with van der Waals surface area (Å²) in [5, 5.41) is 4.23. The van der Waals surface area contributed by atoms with Gasteiger partial charge in [-0.3, -0.25) is 0 Å². The van der Waals surface area contributed by atoms with E-state index in [0.29, 0.717) is 6.54 Å². The summed E-state index contributed by atoms with van der Waals surface area (Å²) in [5.74, 6) is 1.62. The maximum atomic E-state index is 4.36. The van der Waals surface area contributed by atoms with E-state index in [9.17, 15) is 0 Å². The minimum absolute atomic E-state index is 0.704. The summed E-state index contributed by atoms with van der Waals surface area (Å²) in [7, 11) is 0. The van der Waals surface area contributed by atoms with Gasteiger partial charge in [-0.05, 0) is 19.9 Å². The normalized spacial score (nSPS) is 10.5. The Morgan fingerprint density at radius 3 is 3.00 bits per heavy atom. The highest BCUT2D eigenvalue weighted by Crippen LogP contribution is 2.20. The third-order valence-electron chi connectivity index (χ3n) is 2.15. The van der Waals surface area contributed by atoms with E-state index in [4.69, 9.17) is 0 Å². The standard InChI is InChI=1S/C11H14N4/c1-4-5-12-10-9-6-7(2)13-11(9)15-8(3)14-10/h4,6H,1,5H2,2-3H3,(H2,12,13,14,15). The van der Waals surface area contributed by atoms with Crippen LogP contribution in [0.4, 0.5) is 5.82 Å². The molecule has 0 amide bonds. The van der Waals surface area contributed by atoms with Crippen molar-refractivity contribution in [2.75, 3.05) is 11.9 Å². The molecule has 2 rings (SSSR count). The van der Waals surface area contributed by atoms with Crippen molar-refractivity contribution in [1.82, 2.24) is 15.0 Å². The molecule has 0 aliphatic rings. The summed E-state index contributed by atoms with van der Waals surface area (Å²) in [5.41, 5.74) is 1.97. The Labute approximate surface area is 88.4 Å². The third kappa shape index (κ3) is 1.83. The van der Waals surface area contributed by atoms with Gasteiger partial charge in [0, 0.05) is 12.2 Å². The van der Waals surface area contributed by atoms with Crippen LogP contribution in [-0.2, 0) is 0 Å². The van der Waals surface area contributed by atoms with Crippen LogP contribution in [-0.4, -0.2) is 21.5 Å². The monoisotopic (exact) mass is 202 g/mol. The molecule has 0 aliphatic carbocycles. The lowest BCUT2D eigenvalue weighted by molar-refractivity contribution is 1.07. The van der Waals surface area contributed by atoms with Crippen LogP contribution in [0, 0.1) is 13.8 Å². The first-order valence-corrected chi connectivity index (χ1v) is 4.89. The topological polar surface area (TPSA) is 53.6 Å². The summed E-state index contributed by atoms with van der Waals surface area (Å²) in [6.07, 6.45) is 1.81. The number of anilines is 1. The lowest BCUT2D eigenvalue weighted by Crippen LogP contribution is -2.02. The summed E-state index contributed by atoms with van der Waals surface area (Å²) in [6.45, 7) is 8.27. The van der Waals surface area contributed by atoms with Crippen LogP contribution in [0.3, 0.4) is 0 Å². The van der Waals surface area contributed by atoms with Crippen molar-refractivity contribution in [2.24, 2.45) is 0 Å². The molecule has 0 saturated heterocycles. The van der Waals surface area contributed by atoms with E-state index in [-0.39, 0.29) is 0 Å². The molecule has 0 aromatic carbocycles. The highest BCUT2D eigenvalue weighted by atomic mass is 15.0. The number of fused-ring (bicyclic) bond motifs is 1. The van der Waals surface area contributed by atoms with Gasteiger partial charge in [0.15, 0.2) is 0 Å². The van der Waals surface area contributed by atoms with Gasteiger partial charge < -0.3 is 10.3 Å². The number of H-pyrrole nitrogens is 1. The Bertz CT molecular complexity index is 499. The number of aromatic amines is 1. The molecular formula is C11H14N4. The SMILES string of the molecule is C=CCNc1nc(C)nc2[nH]c(C)cc12. The summed E-state index contributed by atoms with van der Waals surface area (Å²) < 4.78 is 0. The van der Waals surface area contributed by atoms with Crippen molar-refractivity contribution < 1.29 is 0 Å². The van der Waals surface area contributed by atoms with Crippen LogP contribution in [0.2, 0.25) is 0 Å². The number of nitrogens with one attached hydrogen (secondary N) is 2. The fourth-order valence-corrected chi connectivity index (χ4v) is 1.56. The Balaban J connectivity index is 2.54. The van der Waals surface area contributed by atoms with Gasteiger partial charge in [0.05, 0.1) is 5.39 Å². The van der Waals surface area contributed by atoms with Gasteiger partial charge in [0.2, 0.25) is 0 Å². The van der Waals surface area contributed by atoms with Gasteiger partial charge in [0.1, 0.15) is 17.3 Å². The number of hydrogen-bond donors (Lipinski definition) is 2. The molecular weight excluding hydrogens is 188 g/mol. The molecule has 0 spiro atoms. The van der Waals surface area contributed by atoms with Crippen LogP contribution in [0.25, 0.3) is 11.0 Å². The zero-order valence-corrected chi connectivity index (χ0v) is 8.96. The predicted molar refractivity (Wildman–Crippen MR) is 62.0 cm³/mol. The number of nitrogens with zero attached hydrogens (tertiary/aromatic N) is 2. The summed E-state index contributed by atoms with van der Waals surface area (Å²) in [4.78, 5) is 11.9. The highest BCUT2D eigenvalue weighted by molar-refractivity contribution is 5.87. The van der Waals surface area contributed by atoms with Gasteiger partial charge in [-0.1, -0.05) is 6.08 Å². The molecule has 2 aromatic heterocycles. The van der Waals surface area contributed by atoms with E-state index >= 15 is 0 Å². The van der Waals surface area contributed by atoms with E-state index in [1.54, 1.807) is 0 Å². The Kier molecular flexibility index (Phi) is 2.41. The average Bonchev–Trinajstić information content (AvgIpc) is 2.54. The fraction of sp³-hybridized carbons (Fsp3) is 0.273. The smallest absolute Gasteiger partial charge is 0.143 e. The molecule has 4 nitrogen and oxygen atoms in total. The molecule has 0 fully saturated rings. The number of hydrogen-bond acceptors (Lipinski definition) is 3. The second-order valence-corrected chi connectivity index (χ2v) is 3.50. The molecule has 0 bridgehead atoms. The van der Waals surface area contributed by atoms with Crippen LogP contribution in [0.5, 0.6) is 0 Å². The first kappa shape index (κ1) is 9.71. The van der Waals surface area contributed by atoms with Crippen molar-refractivity contribution in [3.63, 3.8) is 0 Å². The van der Waals surface area contributed by atoms with E-state index in [1.807, 2.05) is 26.0 Å².